The maximum absolute atomic E-state index is 13.7. The van der Waals surface area contributed by atoms with Crippen molar-refractivity contribution in [3.05, 3.63) is 70.2 Å². The highest BCUT2D eigenvalue weighted by molar-refractivity contribution is 6.14. The zero-order chi connectivity index (χ0) is 22.3. The van der Waals surface area contributed by atoms with E-state index in [1.165, 1.54) is 18.2 Å². The number of hydrogen-bond donors (Lipinski definition) is 2. The van der Waals surface area contributed by atoms with Gasteiger partial charge in [-0.15, -0.1) is 0 Å². The van der Waals surface area contributed by atoms with Crippen molar-refractivity contribution in [3.8, 4) is 0 Å². The molecule has 158 valence electrons. The fourth-order valence-electron chi connectivity index (χ4n) is 3.37. The van der Waals surface area contributed by atoms with Gasteiger partial charge in [0, 0.05) is 17.5 Å². The van der Waals surface area contributed by atoms with E-state index in [0.29, 0.717) is 34.8 Å². The maximum Gasteiger partial charge on any atom is 0.267 e. The van der Waals surface area contributed by atoms with Gasteiger partial charge in [-0.25, -0.2) is 9.37 Å². The molecular weight excluding hydrogens is 403 g/mol. The summed E-state index contributed by atoms with van der Waals surface area (Å²) in [5.41, 5.74) is 8.10. The Labute approximate surface area is 176 Å². The number of amides is 2. The van der Waals surface area contributed by atoms with Crippen LogP contribution in [0.5, 0.6) is 0 Å². The van der Waals surface area contributed by atoms with E-state index >= 15 is 0 Å². The average Bonchev–Trinajstić information content (AvgIpc) is 3.24. The first-order valence-electron chi connectivity index (χ1n) is 9.40. The molecule has 1 aromatic carbocycles. The number of carbonyl (C=O) groups excluding carboxylic acids is 2. The summed E-state index contributed by atoms with van der Waals surface area (Å²) in [6.07, 6.45) is 0. The third-order valence-electron chi connectivity index (χ3n) is 4.87. The minimum absolute atomic E-state index is 0.131. The van der Waals surface area contributed by atoms with Gasteiger partial charge in [-0.05, 0) is 39.0 Å². The summed E-state index contributed by atoms with van der Waals surface area (Å²) >= 11 is 0. The van der Waals surface area contributed by atoms with Crippen molar-refractivity contribution in [2.24, 2.45) is 5.73 Å². The first kappa shape index (κ1) is 20.2. The molecule has 4 aromatic rings. The number of aromatic nitrogens is 4. The third kappa shape index (κ3) is 3.87. The molecule has 0 bridgehead atoms. The van der Waals surface area contributed by atoms with Crippen LogP contribution in [0.2, 0.25) is 0 Å². The summed E-state index contributed by atoms with van der Waals surface area (Å²) in [6.45, 7) is 5.76. The van der Waals surface area contributed by atoms with Crippen molar-refractivity contribution in [2.75, 3.05) is 5.32 Å². The van der Waals surface area contributed by atoms with Gasteiger partial charge in [0.1, 0.15) is 18.1 Å². The highest BCUT2D eigenvalue weighted by atomic mass is 19.1. The zero-order valence-corrected chi connectivity index (χ0v) is 17.1. The third-order valence-corrected chi connectivity index (χ3v) is 4.87. The predicted octanol–water partition coefficient (Wildman–Crippen LogP) is 2.88. The van der Waals surface area contributed by atoms with E-state index in [1.807, 2.05) is 19.9 Å². The normalized spacial score (nSPS) is 11.1. The van der Waals surface area contributed by atoms with Gasteiger partial charge in [-0.3, -0.25) is 14.3 Å². The predicted molar refractivity (Wildman–Crippen MR) is 110 cm³/mol. The van der Waals surface area contributed by atoms with E-state index < -0.39 is 17.6 Å². The Hall–Kier alpha value is -4.08. The number of nitrogens with one attached hydrogen (secondary N) is 1. The largest absolute Gasteiger partial charge is 0.364 e. The van der Waals surface area contributed by atoms with E-state index in [-0.39, 0.29) is 16.8 Å². The minimum atomic E-state index is -0.817. The molecule has 0 aliphatic carbocycles. The molecule has 0 fully saturated rings. The highest BCUT2D eigenvalue weighted by Crippen LogP contribution is 2.24. The highest BCUT2D eigenvalue weighted by Gasteiger charge is 2.20. The second kappa shape index (κ2) is 7.63. The van der Waals surface area contributed by atoms with Crippen molar-refractivity contribution < 1.29 is 18.5 Å². The lowest BCUT2D eigenvalue weighted by Crippen LogP contribution is -2.18. The molecule has 0 saturated heterocycles. The number of nitrogens with two attached hydrogens (primary N) is 1. The lowest BCUT2D eigenvalue weighted by Gasteiger charge is -2.10. The number of carbonyl (C=O) groups is 2. The number of hydrogen-bond acceptors (Lipinski definition) is 6. The molecule has 3 aromatic heterocycles. The van der Waals surface area contributed by atoms with Crippen LogP contribution in [0, 0.1) is 26.6 Å². The fourth-order valence-corrected chi connectivity index (χ4v) is 3.37. The van der Waals surface area contributed by atoms with Crippen LogP contribution in [0.4, 0.5) is 10.1 Å². The molecule has 10 heteroatoms. The zero-order valence-electron chi connectivity index (χ0n) is 17.1. The van der Waals surface area contributed by atoms with Crippen LogP contribution in [0.15, 0.2) is 34.9 Å². The maximum atomic E-state index is 13.7. The van der Waals surface area contributed by atoms with Crippen LogP contribution in [-0.2, 0) is 6.54 Å². The summed E-state index contributed by atoms with van der Waals surface area (Å²) in [7, 11) is 0. The van der Waals surface area contributed by atoms with E-state index in [2.05, 4.69) is 20.6 Å². The summed E-state index contributed by atoms with van der Waals surface area (Å²) in [5.74, 6) is -1.22. The summed E-state index contributed by atoms with van der Waals surface area (Å²) in [4.78, 5) is 28.8. The number of primary amides is 1. The van der Waals surface area contributed by atoms with Crippen molar-refractivity contribution in [3.63, 3.8) is 0 Å². The molecule has 3 heterocycles. The van der Waals surface area contributed by atoms with Crippen LogP contribution >= 0.6 is 0 Å². The molecule has 2 amide bonds. The van der Waals surface area contributed by atoms with Gasteiger partial charge < -0.3 is 15.6 Å². The van der Waals surface area contributed by atoms with Crippen molar-refractivity contribution >= 4 is 28.4 Å². The first-order chi connectivity index (χ1) is 14.7. The van der Waals surface area contributed by atoms with Crippen LogP contribution < -0.4 is 11.1 Å². The van der Waals surface area contributed by atoms with Gasteiger partial charge in [-0.2, -0.15) is 5.10 Å². The van der Waals surface area contributed by atoms with Crippen LogP contribution in [0.25, 0.3) is 10.9 Å². The van der Waals surface area contributed by atoms with Gasteiger partial charge in [0.15, 0.2) is 5.76 Å². The Morgan fingerprint density at radius 1 is 1.19 bits per heavy atom. The second-order valence-corrected chi connectivity index (χ2v) is 7.17. The van der Waals surface area contributed by atoms with Gasteiger partial charge >= 0.3 is 0 Å². The molecule has 0 radical (unpaired) electrons. The summed E-state index contributed by atoms with van der Waals surface area (Å²) in [6, 6.07) is 6.91. The molecular formula is C21H19FN6O3. The number of benzene rings is 1. The summed E-state index contributed by atoms with van der Waals surface area (Å²) in [5, 5.41) is 11.5. The van der Waals surface area contributed by atoms with E-state index in [4.69, 9.17) is 10.3 Å². The Bertz CT molecular complexity index is 1340. The topological polar surface area (TPSA) is 129 Å². The van der Waals surface area contributed by atoms with Gasteiger partial charge in [0.2, 0.25) is 0 Å². The van der Waals surface area contributed by atoms with E-state index in [0.717, 1.165) is 11.8 Å². The fraction of sp³-hybridized carbons (Fsp3) is 0.190. The number of fused-ring (bicyclic) bond motifs is 1. The van der Waals surface area contributed by atoms with Gasteiger partial charge in [0.25, 0.3) is 11.8 Å². The molecule has 0 unspecified atom stereocenters. The van der Waals surface area contributed by atoms with Crippen LogP contribution in [-0.4, -0.2) is 31.7 Å². The molecule has 0 spiro atoms. The number of pyridine rings is 1. The van der Waals surface area contributed by atoms with Gasteiger partial charge in [-0.1, -0.05) is 5.16 Å². The number of aryl methyl sites for hydroxylation is 2. The minimum Gasteiger partial charge on any atom is -0.364 e. The molecule has 0 saturated carbocycles. The Morgan fingerprint density at radius 2 is 1.97 bits per heavy atom. The number of nitrogens with zero attached hydrogens (tertiary/aromatic N) is 4. The van der Waals surface area contributed by atoms with Crippen LogP contribution in [0.3, 0.4) is 0 Å². The standard InChI is InChI=1S/C21H19FN6O3/c1-10-6-14(31-27-10)9-28-12(3)19(11(2)26-28)25-21(30)16-8-18(20(23)29)24-17-7-13(22)4-5-15(16)17/h4-8H,9H2,1-3H3,(H2,23,29)(H,25,30). The van der Waals surface area contributed by atoms with Crippen molar-refractivity contribution in [1.29, 1.82) is 0 Å². The lowest BCUT2D eigenvalue weighted by molar-refractivity contribution is 0.0996. The number of rotatable bonds is 5. The van der Waals surface area contributed by atoms with E-state index in [1.54, 1.807) is 11.6 Å². The first-order valence-corrected chi connectivity index (χ1v) is 9.40. The number of anilines is 1. The Kier molecular flexibility index (Phi) is 4.97. The Balaban J connectivity index is 1.70. The summed E-state index contributed by atoms with van der Waals surface area (Å²) < 4.78 is 20.6. The van der Waals surface area contributed by atoms with E-state index in [9.17, 15) is 14.0 Å². The second-order valence-electron chi connectivity index (χ2n) is 7.17. The average molecular weight is 422 g/mol. The van der Waals surface area contributed by atoms with Crippen LogP contribution in [0.1, 0.15) is 43.7 Å². The smallest absolute Gasteiger partial charge is 0.267 e. The molecule has 0 aliphatic heterocycles. The molecule has 31 heavy (non-hydrogen) atoms. The number of halogens is 1. The van der Waals surface area contributed by atoms with Gasteiger partial charge in [0.05, 0.1) is 33.8 Å². The molecule has 0 aliphatic rings. The monoisotopic (exact) mass is 422 g/mol. The lowest BCUT2D eigenvalue weighted by atomic mass is 10.1. The SMILES string of the molecule is Cc1cc(Cn2nc(C)c(NC(=O)c3cc(C(N)=O)nc4cc(F)ccc34)c2C)on1. The quantitative estimate of drug-likeness (QED) is 0.509. The molecule has 3 N–H and O–H groups in total. The van der Waals surface area contributed by atoms with Crippen molar-refractivity contribution in [1.82, 2.24) is 19.9 Å². The molecule has 4 rings (SSSR count). The molecule has 9 nitrogen and oxygen atoms in total. The van der Waals surface area contributed by atoms with Crippen molar-refractivity contribution in [2.45, 2.75) is 27.3 Å². The molecule has 0 atom stereocenters. The Morgan fingerprint density at radius 3 is 2.65 bits per heavy atom.